The largest absolute Gasteiger partial charge is 0.465 e. The van der Waals surface area contributed by atoms with Crippen LogP contribution in [0.2, 0.25) is 0 Å². The van der Waals surface area contributed by atoms with Crippen LogP contribution in [-0.2, 0) is 16.0 Å². The third-order valence-corrected chi connectivity index (χ3v) is 3.71. The summed E-state index contributed by atoms with van der Waals surface area (Å²) >= 11 is 0. The molecule has 1 heterocycles. The quantitative estimate of drug-likeness (QED) is 0.793. The lowest BCUT2D eigenvalue weighted by atomic mass is 10.1. The van der Waals surface area contributed by atoms with E-state index in [4.69, 9.17) is 4.74 Å². The van der Waals surface area contributed by atoms with E-state index in [1.165, 1.54) is 19.2 Å². The zero-order valence-electron chi connectivity index (χ0n) is 11.9. The molecule has 4 nitrogen and oxygen atoms in total. The Morgan fingerprint density at radius 2 is 2.05 bits per heavy atom. The first-order chi connectivity index (χ1) is 9.63. The van der Waals surface area contributed by atoms with Gasteiger partial charge in [0.25, 0.3) is 0 Å². The number of methoxy groups -OCH3 is 2. The number of carbonyl (C=O) groups is 1. The fourth-order valence-corrected chi connectivity index (χ4v) is 2.49. The summed E-state index contributed by atoms with van der Waals surface area (Å²) in [6.45, 7) is 2.58. The Morgan fingerprint density at radius 1 is 1.35 bits per heavy atom. The Balaban J connectivity index is 1.97. The fraction of sp³-hybridized carbons (Fsp3) is 0.533. The van der Waals surface area contributed by atoms with Crippen LogP contribution in [0.4, 0.5) is 4.39 Å². The average molecular weight is 281 g/mol. The fourth-order valence-electron chi connectivity index (χ4n) is 2.49. The van der Waals surface area contributed by atoms with E-state index in [1.807, 2.05) is 0 Å². The summed E-state index contributed by atoms with van der Waals surface area (Å²) in [6, 6.07) is 4.67. The van der Waals surface area contributed by atoms with E-state index in [9.17, 15) is 9.18 Å². The molecule has 1 aromatic carbocycles. The van der Waals surface area contributed by atoms with Crippen LogP contribution in [-0.4, -0.2) is 44.3 Å². The lowest BCUT2D eigenvalue weighted by molar-refractivity contribution is 0.0388. The molecule has 0 radical (unpaired) electrons. The summed E-state index contributed by atoms with van der Waals surface area (Å²) < 4.78 is 23.7. The van der Waals surface area contributed by atoms with E-state index < -0.39 is 11.8 Å². The molecule has 20 heavy (non-hydrogen) atoms. The van der Waals surface area contributed by atoms with E-state index in [1.54, 1.807) is 13.2 Å². The highest BCUT2D eigenvalue weighted by atomic mass is 19.1. The topological polar surface area (TPSA) is 38.8 Å². The number of likely N-dealkylation sites (tertiary alicyclic amines) is 1. The third-order valence-electron chi connectivity index (χ3n) is 3.71. The number of hydrogen-bond acceptors (Lipinski definition) is 4. The molecule has 0 spiro atoms. The van der Waals surface area contributed by atoms with Gasteiger partial charge in [-0.05, 0) is 30.5 Å². The van der Waals surface area contributed by atoms with Crippen molar-refractivity contribution in [3.63, 3.8) is 0 Å². The second kappa shape index (κ2) is 6.81. The molecule has 0 saturated carbocycles. The van der Waals surface area contributed by atoms with Gasteiger partial charge in [0.2, 0.25) is 0 Å². The van der Waals surface area contributed by atoms with Gasteiger partial charge in [-0.2, -0.15) is 0 Å². The normalized spacial score (nSPS) is 17.1. The average Bonchev–Trinajstić information content (AvgIpc) is 2.47. The summed E-state index contributed by atoms with van der Waals surface area (Å²) in [5, 5.41) is 0. The van der Waals surface area contributed by atoms with Crippen LogP contribution >= 0.6 is 0 Å². The number of halogens is 1. The van der Waals surface area contributed by atoms with Crippen molar-refractivity contribution < 1.29 is 18.7 Å². The molecule has 0 atom stereocenters. The highest BCUT2D eigenvalue weighted by Gasteiger charge is 2.19. The zero-order chi connectivity index (χ0) is 14.5. The molecule has 0 unspecified atom stereocenters. The van der Waals surface area contributed by atoms with Gasteiger partial charge >= 0.3 is 5.97 Å². The molecular weight excluding hydrogens is 261 g/mol. The van der Waals surface area contributed by atoms with Crippen LogP contribution in [0, 0.1) is 5.82 Å². The Hall–Kier alpha value is -1.46. The molecule has 1 fully saturated rings. The van der Waals surface area contributed by atoms with Gasteiger partial charge in [-0.15, -0.1) is 0 Å². The number of rotatable bonds is 4. The van der Waals surface area contributed by atoms with Gasteiger partial charge in [-0.1, -0.05) is 6.07 Å². The van der Waals surface area contributed by atoms with Crippen molar-refractivity contribution in [2.75, 3.05) is 27.3 Å². The lowest BCUT2D eigenvalue weighted by Crippen LogP contribution is -2.36. The van der Waals surface area contributed by atoms with Crippen molar-refractivity contribution in [2.45, 2.75) is 25.5 Å². The van der Waals surface area contributed by atoms with Crippen LogP contribution in [0.5, 0.6) is 0 Å². The molecule has 1 aliphatic heterocycles. The molecule has 1 saturated heterocycles. The predicted octanol–water partition coefficient (Wildman–Crippen LogP) is 2.22. The van der Waals surface area contributed by atoms with Gasteiger partial charge in [-0.3, -0.25) is 4.90 Å². The minimum absolute atomic E-state index is 0.0191. The highest BCUT2D eigenvalue weighted by molar-refractivity contribution is 5.89. The minimum Gasteiger partial charge on any atom is -0.465 e. The van der Waals surface area contributed by atoms with Crippen LogP contribution in [0.3, 0.4) is 0 Å². The van der Waals surface area contributed by atoms with Gasteiger partial charge in [-0.25, -0.2) is 9.18 Å². The molecule has 0 aliphatic carbocycles. The standard InChI is InChI=1S/C15H20FNO3/c1-19-12-5-7-17(8-6-12)10-11-3-4-13(14(16)9-11)15(18)20-2/h3-4,9,12H,5-8,10H2,1-2H3. The molecule has 2 rings (SSSR count). The minimum atomic E-state index is -0.644. The summed E-state index contributed by atoms with van der Waals surface area (Å²) in [7, 11) is 2.98. The van der Waals surface area contributed by atoms with Crippen LogP contribution in [0.25, 0.3) is 0 Å². The highest BCUT2D eigenvalue weighted by Crippen LogP contribution is 2.17. The molecular formula is C15H20FNO3. The number of esters is 1. The smallest absolute Gasteiger partial charge is 0.340 e. The van der Waals surface area contributed by atoms with E-state index in [-0.39, 0.29) is 5.56 Å². The Labute approximate surface area is 118 Å². The van der Waals surface area contributed by atoms with E-state index in [2.05, 4.69) is 9.64 Å². The number of ether oxygens (including phenoxy) is 2. The van der Waals surface area contributed by atoms with Crippen molar-refractivity contribution in [2.24, 2.45) is 0 Å². The second-order valence-electron chi connectivity index (χ2n) is 5.02. The summed E-state index contributed by atoms with van der Waals surface area (Å²) in [4.78, 5) is 13.6. The molecule has 1 aromatic rings. The maximum atomic E-state index is 13.8. The van der Waals surface area contributed by atoms with Gasteiger partial charge in [0.15, 0.2) is 0 Å². The third kappa shape index (κ3) is 3.55. The van der Waals surface area contributed by atoms with Crippen molar-refractivity contribution in [3.8, 4) is 0 Å². The van der Waals surface area contributed by atoms with Gasteiger partial charge in [0, 0.05) is 26.7 Å². The van der Waals surface area contributed by atoms with E-state index >= 15 is 0 Å². The van der Waals surface area contributed by atoms with Crippen molar-refractivity contribution >= 4 is 5.97 Å². The van der Waals surface area contributed by atoms with Crippen LogP contribution in [0.1, 0.15) is 28.8 Å². The predicted molar refractivity (Wildman–Crippen MR) is 73.0 cm³/mol. The maximum absolute atomic E-state index is 13.8. The molecule has 5 heteroatoms. The molecule has 0 amide bonds. The molecule has 1 aliphatic rings. The van der Waals surface area contributed by atoms with Crippen LogP contribution in [0.15, 0.2) is 18.2 Å². The number of benzene rings is 1. The first kappa shape index (κ1) is 14.9. The zero-order valence-corrected chi connectivity index (χ0v) is 11.9. The van der Waals surface area contributed by atoms with Gasteiger partial charge < -0.3 is 9.47 Å². The van der Waals surface area contributed by atoms with Crippen molar-refractivity contribution in [1.82, 2.24) is 4.90 Å². The monoisotopic (exact) mass is 281 g/mol. The number of hydrogen-bond donors (Lipinski definition) is 0. The van der Waals surface area contributed by atoms with Crippen molar-refractivity contribution in [3.05, 3.63) is 35.1 Å². The summed E-state index contributed by atoms with van der Waals surface area (Å²) in [5.41, 5.74) is 0.848. The summed E-state index contributed by atoms with van der Waals surface area (Å²) in [5.74, 6) is -1.17. The molecule has 0 aromatic heterocycles. The van der Waals surface area contributed by atoms with Gasteiger partial charge in [0.05, 0.1) is 18.8 Å². The molecule has 0 bridgehead atoms. The first-order valence-electron chi connectivity index (χ1n) is 6.76. The summed E-state index contributed by atoms with van der Waals surface area (Å²) in [6.07, 6.45) is 2.34. The maximum Gasteiger partial charge on any atom is 0.340 e. The Bertz CT molecular complexity index is 470. The number of piperidine rings is 1. The lowest BCUT2D eigenvalue weighted by Gasteiger charge is -2.31. The van der Waals surface area contributed by atoms with E-state index in [0.717, 1.165) is 31.5 Å². The number of carbonyl (C=O) groups excluding carboxylic acids is 1. The van der Waals surface area contributed by atoms with Crippen LogP contribution < -0.4 is 0 Å². The second-order valence-corrected chi connectivity index (χ2v) is 5.02. The molecule has 110 valence electrons. The SMILES string of the molecule is COC(=O)c1ccc(CN2CCC(OC)CC2)cc1F. The Kier molecular flexibility index (Phi) is 5.09. The number of nitrogens with zero attached hydrogens (tertiary/aromatic N) is 1. The van der Waals surface area contributed by atoms with Crippen molar-refractivity contribution in [1.29, 1.82) is 0 Å². The molecule has 0 N–H and O–H groups in total. The van der Waals surface area contributed by atoms with Gasteiger partial charge in [0.1, 0.15) is 5.82 Å². The first-order valence-corrected chi connectivity index (χ1v) is 6.76. The Morgan fingerprint density at radius 3 is 2.60 bits per heavy atom. The van der Waals surface area contributed by atoms with E-state index in [0.29, 0.717) is 12.6 Å².